The first-order valence-electron chi connectivity index (χ1n) is 19.0. The van der Waals surface area contributed by atoms with Gasteiger partial charge in [-0.05, 0) is 81.5 Å². The summed E-state index contributed by atoms with van der Waals surface area (Å²) < 4.78 is 1.20. The molecular weight excluding hydrogens is 714 g/mol. The number of rotatable bonds is 8. The van der Waals surface area contributed by atoms with Crippen molar-refractivity contribution in [2.45, 2.75) is 0 Å². The van der Waals surface area contributed by atoms with Gasteiger partial charge >= 0.3 is 0 Å². The summed E-state index contributed by atoms with van der Waals surface area (Å²) in [5, 5.41) is 6.44. The highest BCUT2D eigenvalue weighted by atomic mass is 32.1. The molecule has 0 fully saturated rings. The number of fused-ring (bicyclic) bond motifs is 3. The molecule has 0 aliphatic rings. The van der Waals surface area contributed by atoms with E-state index >= 15 is 0 Å². The normalized spacial score (nSPS) is 11.4. The third kappa shape index (κ3) is 6.44. The number of pyridine rings is 1. The lowest BCUT2D eigenvalue weighted by atomic mass is 9.92. The van der Waals surface area contributed by atoms with Gasteiger partial charge < -0.3 is 0 Å². The molecule has 0 amide bonds. The average molecular weight is 750 g/mol. The van der Waals surface area contributed by atoms with Gasteiger partial charge in [0.15, 0.2) is 0 Å². The Morgan fingerprint density at radius 3 is 1.36 bits per heavy atom. The zero-order valence-corrected chi connectivity index (χ0v) is 32.3. The minimum absolute atomic E-state index is 0.733. The lowest BCUT2D eigenvalue weighted by Gasteiger charge is -2.20. The molecule has 2 aromatic heterocycles. The molecule has 0 saturated heterocycles. The number of thiophene rings is 1. The Morgan fingerprint density at radius 2 is 0.804 bits per heavy atom. The SMILES string of the molecule is c1ccc(-c2cc(-c3ccccc3)cc(-c3sc4c(-c5ccccc5)nc5ccccc5c4c3-c3ccc(P(c4ccccc4)c4ccccc4)cc3)c2)cc1. The molecule has 0 unspecified atom stereocenters. The van der Waals surface area contributed by atoms with Gasteiger partial charge in [0.25, 0.3) is 0 Å². The Morgan fingerprint density at radius 1 is 0.357 bits per heavy atom. The summed E-state index contributed by atoms with van der Waals surface area (Å²) in [6.45, 7) is 0. The number of nitrogens with zero attached hydrogens (tertiary/aromatic N) is 1. The molecule has 8 aromatic carbocycles. The highest BCUT2D eigenvalue weighted by Crippen LogP contribution is 2.51. The largest absolute Gasteiger partial charge is 0.246 e. The summed E-state index contributed by atoms with van der Waals surface area (Å²) in [7, 11) is -0.733. The fourth-order valence-electron chi connectivity index (χ4n) is 7.81. The van der Waals surface area contributed by atoms with E-state index in [-0.39, 0.29) is 0 Å². The van der Waals surface area contributed by atoms with Crippen molar-refractivity contribution in [2.75, 3.05) is 0 Å². The lowest BCUT2D eigenvalue weighted by molar-refractivity contribution is 1.44. The molecule has 1 nitrogen and oxygen atoms in total. The van der Waals surface area contributed by atoms with Crippen LogP contribution in [0.3, 0.4) is 0 Å². The van der Waals surface area contributed by atoms with E-state index in [0.29, 0.717) is 0 Å². The van der Waals surface area contributed by atoms with Crippen LogP contribution in [0.1, 0.15) is 0 Å². The van der Waals surface area contributed by atoms with E-state index in [2.05, 4.69) is 218 Å². The highest BCUT2D eigenvalue weighted by Gasteiger charge is 2.24. The van der Waals surface area contributed by atoms with Crippen molar-refractivity contribution in [3.05, 3.63) is 218 Å². The van der Waals surface area contributed by atoms with Crippen molar-refractivity contribution in [3.63, 3.8) is 0 Å². The molecule has 3 heteroatoms. The van der Waals surface area contributed by atoms with E-state index < -0.39 is 7.92 Å². The van der Waals surface area contributed by atoms with Crippen LogP contribution in [-0.4, -0.2) is 4.98 Å². The standard InChI is InChI=1S/C53H36NPS/c1-6-18-37(19-7-1)41-34-42(38-20-8-2-9-21-38)36-43(35-41)52-49(50-47-28-16-17-29-48(47)54-51(53(50)56-52)40-22-10-3-11-23-40)39-30-32-46(33-31-39)55(44-24-12-4-13-25-44)45-26-14-5-15-27-45/h1-36H. The molecule has 0 spiro atoms. The molecule has 0 bridgehead atoms. The molecule has 0 saturated carbocycles. The van der Waals surface area contributed by atoms with Crippen LogP contribution < -0.4 is 15.9 Å². The molecule has 0 atom stereocenters. The molecule has 264 valence electrons. The monoisotopic (exact) mass is 749 g/mol. The zero-order valence-electron chi connectivity index (χ0n) is 30.6. The predicted octanol–water partition coefficient (Wildman–Crippen LogP) is 13.5. The maximum Gasteiger partial charge on any atom is 0.0888 e. The van der Waals surface area contributed by atoms with E-state index in [0.717, 1.165) is 16.8 Å². The molecule has 10 aromatic rings. The van der Waals surface area contributed by atoms with Gasteiger partial charge in [-0.25, -0.2) is 4.98 Å². The van der Waals surface area contributed by atoms with Crippen LogP contribution in [0.15, 0.2) is 218 Å². The fraction of sp³-hybridized carbons (Fsp3) is 0. The van der Waals surface area contributed by atoms with Crippen molar-refractivity contribution >= 4 is 56.2 Å². The van der Waals surface area contributed by atoms with Crippen molar-refractivity contribution in [1.82, 2.24) is 4.98 Å². The summed E-state index contributed by atoms with van der Waals surface area (Å²) in [6, 6.07) is 79.3. The van der Waals surface area contributed by atoms with E-state index in [1.54, 1.807) is 0 Å². The maximum absolute atomic E-state index is 5.36. The molecule has 0 N–H and O–H groups in total. The van der Waals surface area contributed by atoms with Crippen molar-refractivity contribution in [1.29, 1.82) is 0 Å². The molecule has 56 heavy (non-hydrogen) atoms. The Kier molecular flexibility index (Phi) is 9.13. The third-order valence-electron chi connectivity index (χ3n) is 10.4. The van der Waals surface area contributed by atoms with Crippen LogP contribution in [0, 0.1) is 0 Å². The van der Waals surface area contributed by atoms with E-state index in [1.807, 2.05) is 11.3 Å². The second-order valence-corrected chi connectivity index (χ2v) is 17.2. The van der Waals surface area contributed by atoms with Crippen LogP contribution in [0.4, 0.5) is 0 Å². The summed E-state index contributed by atoms with van der Waals surface area (Å²) in [6.07, 6.45) is 0. The van der Waals surface area contributed by atoms with Gasteiger partial charge in [0.1, 0.15) is 0 Å². The molecule has 0 aliphatic carbocycles. The van der Waals surface area contributed by atoms with Crippen molar-refractivity contribution < 1.29 is 0 Å². The van der Waals surface area contributed by atoms with Crippen LogP contribution in [0.2, 0.25) is 0 Å². The summed E-state index contributed by atoms with van der Waals surface area (Å²) in [5.41, 5.74) is 11.6. The maximum atomic E-state index is 5.36. The van der Waals surface area contributed by atoms with Gasteiger partial charge in [-0.3, -0.25) is 0 Å². The number of benzene rings is 8. The first-order chi connectivity index (χ1) is 27.8. The fourth-order valence-corrected chi connectivity index (χ4v) is 11.4. The summed E-state index contributed by atoms with van der Waals surface area (Å²) in [5.74, 6) is 0. The van der Waals surface area contributed by atoms with Crippen LogP contribution in [0.5, 0.6) is 0 Å². The highest BCUT2D eigenvalue weighted by molar-refractivity contribution is 7.79. The van der Waals surface area contributed by atoms with Crippen LogP contribution >= 0.6 is 19.3 Å². The first-order valence-corrected chi connectivity index (χ1v) is 21.1. The number of aromatic nitrogens is 1. The third-order valence-corrected chi connectivity index (χ3v) is 14.1. The molecule has 2 heterocycles. The second-order valence-electron chi connectivity index (χ2n) is 13.9. The van der Waals surface area contributed by atoms with Gasteiger partial charge in [-0.2, -0.15) is 0 Å². The van der Waals surface area contributed by atoms with E-state index in [9.17, 15) is 0 Å². The first kappa shape index (κ1) is 34.1. The minimum Gasteiger partial charge on any atom is -0.246 e. The van der Waals surface area contributed by atoms with Gasteiger partial charge in [0, 0.05) is 26.8 Å². The number of hydrogen-bond acceptors (Lipinski definition) is 2. The quantitative estimate of drug-likeness (QED) is 0.141. The Hall–Kier alpha value is -6.44. The van der Waals surface area contributed by atoms with Gasteiger partial charge in [-0.1, -0.05) is 194 Å². The summed E-state index contributed by atoms with van der Waals surface area (Å²) in [4.78, 5) is 6.61. The van der Waals surface area contributed by atoms with Crippen molar-refractivity contribution in [2.24, 2.45) is 0 Å². The van der Waals surface area contributed by atoms with Crippen LogP contribution in [-0.2, 0) is 0 Å². The molecular formula is C53H36NPS. The second kappa shape index (κ2) is 15.0. The molecule has 10 rings (SSSR count). The minimum atomic E-state index is -0.733. The van der Waals surface area contributed by atoms with Gasteiger partial charge in [-0.15, -0.1) is 11.3 Å². The smallest absolute Gasteiger partial charge is 0.0888 e. The number of hydrogen-bond donors (Lipinski definition) is 0. The predicted molar refractivity (Wildman–Crippen MR) is 243 cm³/mol. The van der Waals surface area contributed by atoms with E-state index in [4.69, 9.17) is 4.98 Å². The van der Waals surface area contributed by atoms with Gasteiger partial charge in [0.2, 0.25) is 0 Å². The Labute approximate surface area is 333 Å². The Balaban J connectivity index is 1.26. The average Bonchev–Trinajstić information content (AvgIpc) is 3.69. The lowest BCUT2D eigenvalue weighted by Crippen LogP contribution is -2.20. The molecule has 0 radical (unpaired) electrons. The van der Waals surface area contributed by atoms with Crippen molar-refractivity contribution in [3.8, 4) is 55.1 Å². The topological polar surface area (TPSA) is 12.9 Å². The molecule has 0 aliphatic heterocycles. The van der Waals surface area contributed by atoms with Crippen LogP contribution in [0.25, 0.3) is 76.1 Å². The number of para-hydroxylation sites is 1. The Bertz CT molecular complexity index is 2830. The van der Waals surface area contributed by atoms with E-state index in [1.165, 1.54) is 75.2 Å². The van der Waals surface area contributed by atoms with Gasteiger partial charge in [0.05, 0.1) is 15.9 Å². The summed E-state index contributed by atoms with van der Waals surface area (Å²) >= 11 is 1.86. The zero-order chi connectivity index (χ0) is 37.3.